The SMILES string of the molecule is N[C@@H](CSc1cccc([N+](=O)[O-])c1)C(=O)O. The van der Waals surface area contributed by atoms with Crippen LogP contribution in [-0.4, -0.2) is 27.8 Å². The molecule has 0 aliphatic rings. The van der Waals surface area contributed by atoms with E-state index in [2.05, 4.69) is 0 Å². The van der Waals surface area contributed by atoms with Crippen LogP contribution in [0.15, 0.2) is 29.2 Å². The number of nitrogens with zero attached hydrogens (tertiary/aromatic N) is 1. The highest BCUT2D eigenvalue weighted by Crippen LogP contribution is 2.23. The Labute approximate surface area is 95.6 Å². The number of hydrogen-bond donors (Lipinski definition) is 2. The molecule has 1 atom stereocenters. The Kier molecular flexibility index (Phi) is 4.27. The molecule has 86 valence electrons. The van der Waals surface area contributed by atoms with E-state index in [9.17, 15) is 14.9 Å². The molecule has 7 heteroatoms. The number of nitro benzene ring substituents is 1. The summed E-state index contributed by atoms with van der Waals surface area (Å²) in [6.45, 7) is 0. The summed E-state index contributed by atoms with van der Waals surface area (Å²) >= 11 is 1.18. The van der Waals surface area contributed by atoms with Crippen molar-refractivity contribution in [3.05, 3.63) is 34.4 Å². The molecule has 6 nitrogen and oxygen atoms in total. The topological polar surface area (TPSA) is 106 Å². The Morgan fingerprint density at radius 3 is 2.88 bits per heavy atom. The van der Waals surface area contributed by atoms with Crippen molar-refractivity contribution in [2.24, 2.45) is 5.73 Å². The van der Waals surface area contributed by atoms with Gasteiger partial charge < -0.3 is 10.8 Å². The Hall–Kier alpha value is -1.60. The van der Waals surface area contributed by atoms with Gasteiger partial charge in [-0.1, -0.05) is 6.07 Å². The van der Waals surface area contributed by atoms with Gasteiger partial charge in [0.15, 0.2) is 0 Å². The highest BCUT2D eigenvalue weighted by molar-refractivity contribution is 7.99. The molecule has 0 heterocycles. The van der Waals surface area contributed by atoms with Crippen LogP contribution in [0.5, 0.6) is 0 Å². The van der Waals surface area contributed by atoms with E-state index in [-0.39, 0.29) is 11.4 Å². The molecule has 0 radical (unpaired) electrons. The van der Waals surface area contributed by atoms with Crippen molar-refractivity contribution < 1.29 is 14.8 Å². The molecule has 1 rings (SSSR count). The molecular weight excluding hydrogens is 232 g/mol. The second-order valence-electron chi connectivity index (χ2n) is 3.01. The first-order valence-corrected chi connectivity index (χ1v) is 5.35. The fourth-order valence-corrected chi connectivity index (χ4v) is 1.84. The Bertz CT molecular complexity index is 410. The third kappa shape index (κ3) is 3.52. The van der Waals surface area contributed by atoms with Crippen LogP contribution >= 0.6 is 11.8 Å². The third-order valence-electron chi connectivity index (χ3n) is 1.78. The number of non-ortho nitro benzene ring substituents is 1. The van der Waals surface area contributed by atoms with E-state index in [0.29, 0.717) is 4.90 Å². The fourth-order valence-electron chi connectivity index (χ4n) is 0.944. The van der Waals surface area contributed by atoms with Crippen molar-refractivity contribution in [3.8, 4) is 0 Å². The maximum Gasteiger partial charge on any atom is 0.321 e. The predicted molar refractivity (Wildman–Crippen MR) is 59.4 cm³/mol. The molecule has 0 aliphatic carbocycles. The van der Waals surface area contributed by atoms with Gasteiger partial charge in [-0.3, -0.25) is 14.9 Å². The van der Waals surface area contributed by atoms with Crippen LogP contribution in [0.4, 0.5) is 5.69 Å². The lowest BCUT2D eigenvalue weighted by Gasteiger charge is -2.05. The Morgan fingerprint density at radius 1 is 1.62 bits per heavy atom. The summed E-state index contributed by atoms with van der Waals surface area (Å²) in [7, 11) is 0. The molecule has 0 saturated carbocycles. The van der Waals surface area contributed by atoms with Gasteiger partial charge in [0.05, 0.1) is 4.92 Å². The van der Waals surface area contributed by atoms with Crippen LogP contribution in [0, 0.1) is 10.1 Å². The first kappa shape index (κ1) is 12.5. The molecule has 3 N–H and O–H groups in total. The maximum atomic E-state index is 10.5. The van der Waals surface area contributed by atoms with Gasteiger partial charge in [0.25, 0.3) is 5.69 Å². The zero-order valence-corrected chi connectivity index (χ0v) is 9.02. The van der Waals surface area contributed by atoms with Crippen LogP contribution < -0.4 is 5.73 Å². The number of aliphatic carboxylic acids is 1. The maximum absolute atomic E-state index is 10.5. The fraction of sp³-hybridized carbons (Fsp3) is 0.222. The van der Waals surface area contributed by atoms with E-state index in [4.69, 9.17) is 10.8 Å². The van der Waals surface area contributed by atoms with Gasteiger partial charge in [-0.05, 0) is 6.07 Å². The number of benzene rings is 1. The van der Waals surface area contributed by atoms with Crippen molar-refractivity contribution in [2.45, 2.75) is 10.9 Å². The number of nitro groups is 1. The standard InChI is InChI=1S/C9H10N2O4S/c10-8(9(12)13)5-16-7-3-1-2-6(4-7)11(14)15/h1-4,8H,5,10H2,(H,12,13)/t8-/m0/s1. The molecule has 0 unspecified atom stereocenters. The number of nitrogens with two attached hydrogens (primary N) is 1. The summed E-state index contributed by atoms with van der Waals surface area (Å²) in [5.74, 6) is -0.908. The van der Waals surface area contributed by atoms with Crippen molar-refractivity contribution in [1.82, 2.24) is 0 Å². The van der Waals surface area contributed by atoms with Gasteiger partial charge >= 0.3 is 5.97 Å². The summed E-state index contributed by atoms with van der Waals surface area (Å²) in [4.78, 5) is 21.1. The number of thioether (sulfide) groups is 1. The Balaban J connectivity index is 2.64. The zero-order chi connectivity index (χ0) is 12.1. The van der Waals surface area contributed by atoms with Crippen molar-refractivity contribution >= 4 is 23.4 Å². The number of carbonyl (C=O) groups is 1. The first-order valence-electron chi connectivity index (χ1n) is 4.36. The largest absolute Gasteiger partial charge is 0.480 e. The molecule has 0 aromatic heterocycles. The summed E-state index contributed by atoms with van der Waals surface area (Å²) in [6.07, 6.45) is 0. The summed E-state index contributed by atoms with van der Waals surface area (Å²) in [6, 6.07) is 5.02. The van der Waals surface area contributed by atoms with E-state index in [1.165, 1.54) is 23.9 Å². The number of hydrogen-bond acceptors (Lipinski definition) is 5. The van der Waals surface area contributed by atoms with Crippen LogP contribution in [0.2, 0.25) is 0 Å². The molecule has 0 amide bonds. The lowest BCUT2D eigenvalue weighted by molar-refractivity contribution is -0.385. The summed E-state index contributed by atoms with van der Waals surface area (Å²) in [5, 5.41) is 19.0. The Morgan fingerprint density at radius 2 is 2.31 bits per heavy atom. The van der Waals surface area contributed by atoms with Crippen LogP contribution in [0.3, 0.4) is 0 Å². The second kappa shape index (κ2) is 5.47. The second-order valence-corrected chi connectivity index (χ2v) is 4.10. The molecular formula is C9H10N2O4S. The number of carboxylic acid groups (broad SMARTS) is 1. The summed E-state index contributed by atoms with van der Waals surface area (Å²) < 4.78 is 0. The van der Waals surface area contributed by atoms with E-state index in [0.717, 1.165) is 0 Å². The lowest BCUT2D eigenvalue weighted by atomic mass is 10.3. The average Bonchev–Trinajstić information content (AvgIpc) is 2.26. The molecule has 0 bridgehead atoms. The van der Waals surface area contributed by atoms with Crippen LogP contribution in [-0.2, 0) is 4.79 Å². The zero-order valence-electron chi connectivity index (χ0n) is 8.20. The number of rotatable bonds is 5. The van der Waals surface area contributed by atoms with Gasteiger partial charge in [-0.2, -0.15) is 0 Å². The highest BCUT2D eigenvalue weighted by Gasteiger charge is 2.12. The molecule has 0 aliphatic heterocycles. The summed E-state index contributed by atoms with van der Waals surface area (Å²) in [5.41, 5.74) is 5.29. The normalized spacial score (nSPS) is 12.1. The van der Waals surface area contributed by atoms with E-state index in [1.54, 1.807) is 12.1 Å². The van der Waals surface area contributed by atoms with Crippen molar-refractivity contribution in [1.29, 1.82) is 0 Å². The van der Waals surface area contributed by atoms with Gasteiger partial charge in [-0.25, -0.2) is 0 Å². The van der Waals surface area contributed by atoms with Crippen molar-refractivity contribution in [3.63, 3.8) is 0 Å². The minimum absolute atomic E-state index is 0.0195. The van der Waals surface area contributed by atoms with E-state index in [1.807, 2.05) is 0 Å². The van der Waals surface area contributed by atoms with Gasteiger partial charge in [-0.15, -0.1) is 11.8 Å². The van der Waals surface area contributed by atoms with Gasteiger partial charge in [0, 0.05) is 22.8 Å². The minimum atomic E-state index is -1.09. The molecule has 16 heavy (non-hydrogen) atoms. The minimum Gasteiger partial charge on any atom is -0.480 e. The highest BCUT2D eigenvalue weighted by atomic mass is 32.2. The predicted octanol–water partition coefficient (Wildman–Crippen LogP) is 1.10. The molecule has 0 spiro atoms. The van der Waals surface area contributed by atoms with Gasteiger partial charge in [0.1, 0.15) is 6.04 Å². The first-order chi connectivity index (χ1) is 7.50. The van der Waals surface area contributed by atoms with Crippen molar-refractivity contribution in [2.75, 3.05) is 5.75 Å². The molecule has 1 aromatic rings. The van der Waals surface area contributed by atoms with Gasteiger partial charge in [0.2, 0.25) is 0 Å². The molecule has 0 saturated heterocycles. The third-order valence-corrected chi connectivity index (χ3v) is 2.89. The molecule has 0 fully saturated rings. The van der Waals surface area contributed by atoms with E-state index < -0.39 is 16.9 Å². The molecule has 1 aromatic carbocycles. The monoisotopic (exact) mass is 242 g/mol. The van der Waals surface area contributed by atoms with E-state index >= 15 is 0 Å². The number of carboxylic acids is 1. The quantitative estimate of drug-likeness (QED) is 0.455. The van der Waals surface area contributed by atoms with Crippen LogP contribution in [0.25, 0.3) is 0 Å². The lowest BCUT2D eigenvalue weighted by Crippen LogP contribution is -2.32. The van der Waals surface area contributed by atoms with Crippen LogP contribution in [0.1, 0.15) is 0 Å². The average molecular weight is 242 g/mol. The smallest absolute Gasteiger partial charge is 0.321 e.